The van der Waals surface area contributed by atoms with Gasteiger partial charge in [-0.1, -0.05) is 17.7 Å². The lowest BCUT2D eigenvalue weighted by molar-refractivity contribution is -0.118. The highest BCUT2D eigenvalue weighted by atomic mass is 16.1. The smallest absolute Gasteiger partial charge is 0.209 e. The Balaban J connectivity index is 1.84. The molecular formula is C19H25N5O. The first-order chi connectivity index (χ1) is 12.0. The summed E-state index contributed by atoms with van der Waals surface area (Å²) in [6, 6.07) is 6.33. The maximum atomic E-state index is 10.9. The third kappa shape index (κ3) is 3.90. The van der Waals surface area contributed by atoms with Crippen LogP contribution in [-0.4, -0.2) is 47.5 Å². The van der Waals surface area contributed by atoms with E-state index in [1.54, 1.807) is 4.90 Å². The van der Waals surface area contributed by atoms with Crippen molar-refractivity contribution in [2.75, 3.05) is 36.4 Å². The number of nitrogens with one attached hydrogen (secondary N) is 1. The van der Waals surface area contributed by atoms with Crippen LogP contribution in [0, 0.1) is 27.7 Å². The molecule has 1 N–H and O–H groups in total. The average molecular weight is 339 g/mol. The van der Waals surface area contributed by atoms with Crippen LogP contribution in [0.3, 0.4) is 0 Å². The van der Waals surface area contributed by atoms with Gasteiger partial charge in [-0.05, 0) is 38.8 Å². The van der Waals surface area contributed by atoms with Gasteiger partial charge in [0, 0.05) is 37.9 Å². The van der Waals surface area contributed by atoms with Gasteiger partial charge in [0.15, 0.2) is 0 Å². The number of benzene rings is 1. The molecule has 1 fully saturated rings. The number of carbonyl (C=O) groups excluding carboxylic acids is 1. The highest BCUT2D eigenvalue weighted by Gasteiger charge is 2.18. The van der Waals surface area contributed by atoms with E-state index < -0.39 is 0 Å². The molecule has 3 rings (SSSR count). The van der Waals surface area contributed by atoms with Crippen molar-refractivity contribution in [2.45, 2.75) is 27.7 Å². The zero-order chi connectivity index (χ0) is 18.0. The van der Waals surface area contributed by atoms with Gasteiger partial charge >= 0.3 is 0 Å². The minimum atomic E-state index is 0.728. The van der Waals surface area contributed by atoms with Gasteiger partial charge in [0.25, 0.3) is 0 Å². The SMILES string of the molecule is Cc1cc(C)c(Nc2cc(N3CCN(C=O)CC3)nc(C)n2)c(C)c1. The molecule has 0 bridgehead atoms. The summed E-state index contributed by atoms with van der Waals surface area (Å²) in [5.41, 5.74) is 4.76. The van der Waals surface area contributed by atoms with Crippen LogP contribution in [0.25, 0.3) is 0 Å². The minimum absolute atomic E-state index is 0.728. The van der Waals surface area contributed by atoms with Crippen molar-refractivity contribution in [1.82, 2.24) is 14.9 Å². The number of rotatable bonds is 4. The third-order valence-corrected chi connectivity index (χ3v) is 4.54. The Morgan fingerprint density at radius 2 is 1.60 bits per heavy atom. The van der Waals surface area contributed by atoms with E-state index in [-0.39, 0.29) is 0 Å². The van der Waals surface area contributed by atoms with Crippen molar-refractivity contribution in [3.05, 3.63) is 40.7 Å². The van der Waals surface area contributed by atoms with E-state index in [4.69, 9.17) is 0 Å². The first-order valence-electron chi connectivity index (χ1n) is 8.61. The molecule has 1 aromatic carbocycles. The van der Waals surface area contributed by atoms with E-state index >= 15 is 0 Å². The first-order valence-corrected chi connectivity index (χ1v) is 8.61. The standard InChI is InChI=1S/C19H25N5O/c1-13-9-14(2)19(15(3)10-13)22-17-11-18(21-16(4)20-17)24-7-5-23(12-25)6-8-24/h9-12H,5-8H2,1-4H3,(H,20,21,22). The molecule has 1 amide bonds. The molecule has 132 valence electrons. The van der Waals surface area contributed by atoms with Gasteiger partial charge in [-0.25, -0.2) is 9.97 Å². The molecule has 0 unspecified atom stereocenters. The molecule has 1 aromatic heterocycles. The van der Waals surface area contributed by atoms with E-state index in [0.29, 0.717) is 0 Å². The monoisotopic (exact) mass is 339 g/mol. The van der Waals surface area contributed by atoms with Gasteiger partial charge in [0.1, 0.15) is 17.5 Å². The van der Waals surface area contributed by atoms with Crippen molar-refractivity contribution in [3.63, 3.8) is 0 Å². The average Bonchev–Trinajstić information content (AvgIpc) is 2.58. The van der Waals surface area contributed by atoms with Crippen molar-refractivity contribution in [1.29, 1.82) is 0 Å². The summed E-state index contributed by atoms with van der Waals surface area (Å²) in [5, 5.41) is 3.46. The van der Waals surface area contributed by atoms with E-state index in [9.17, 15) is 4.79 Å². The highest BCUT2D eigenvalue weighted by Crippen LogP contribution is 2.26. The Morgan fingerprint density at radius 1 is 0.960 bits per heavy atom. The van der Waals surface area contributed by atoms with E-state index in [0.717, 1.165) is 55.7 Å². The second-order valence-electron chi connectivity index (χ2n) is 6.69. The van der Waals surface area contributed by atoms with Crippen LogP contribution in [0.5, 0.6) is 0 Å². The molecular weight excluding hydrogens is 314 g/mol. The largest absolute Gasteiger partial charge is 0.353 e. The minimum Gasteiger partial charge on any atom is -0.353 e. The number of amides is 1. The van der Waals surface area contributed by atoms with Crippen LogP contribution in [0.1, 0.15) is 22.5 Å². The predicted octanol–water partition coefficient (Wildman–Crippen LogP) is 2.73. The zero-order valence-corrected chi connectivity index (χ0v) is 15.3. The Hall–Kier alpha value is -2.63. The number of nitrogens with zero attached hydrogens (tertiary/aromatic N) is 4. The van der Waals surface area contributed by atoms with Gasteiger partial charge in [-0.2, -0.15) is 0 Å². The fourth-order valence-electron chi connectivity index (χ4n) is 3.34. The van der Waals surface area contributed by atoms with Gasteiger partial charge in [-0.15, -0.1) is 0 Å². The molecule has 2 aromatic rings. The molecule has 0 spiro atoms. The first kappa shape index (κ1) is 17.2. The summed E-state index contributed by atoms with van der Waals surface area (Å²) in [4.78, 5) is 24.0. The maximum absolute atomic E-state index is 10.9. The molecule has 1 aliphatic heterocycles. The summed E-state index contributed by atoms with van der Waals surface area (Å²) < 4.78 is 0. The summed E-state index contributed by atoms with van der Waals surface area (Å²) in [6.07, 6.45) is 0.915. The molecule has 0 radical (unpaired) electrons. The Bertz CT molecular complexity index is 758. The molecule has 25 heavy (non-hydrogen) atoms. The van der Waals surface area contributed by atoms with Gasteiger partial charge < -0.3 is 15.1 Å². The maximum Gasteiger partial charge on any atom is 0.209 e. The molecule has 1 saturated heterocycles. The number of anilines is 3. The highest BCUT2D eigenvalue weighted by molar-refractivity contribution is 5.67. The molecule has 1 aliphatic rings. The van der Waals surface area contributed by atoms with Crippen molar-refractivity contribution < 1.29 is 4.79 Å². The second-order valence-corrected chi connectivity index (χ2v) is 6.69. The summed E-state index contributed by atoms with van der Waals surface area (Å²) in [7, 11) is 0. The number of aromatic nitrogens is 2. The van der Waals surface area contributed by atoms with Crippen LogP contribution in [0.2, 0.25) is 0 Å². The summed E-state index contributed by atoms with van der Waals surface area (Å²) >= 11 is 0. The lowest BCUT2D eigenvalue weighted by atomic mass is 10.1. The lowest BCUT2D eigenvalue weighted by Gasteiger charge is -2.33. The molecule has 0 saturated carbocycles. The molecule has 6 nitrogen and oxygen atoms in total. The summed E-state index contributed by atoms with van der Waals surface area (Å²) in [6.45, 7) is 11.3. The second kappa shape index (κ2) is 7.09. The van der Waals surface area contributed by atoms with Gasteiger partial charge in [0.2, 0.25) is 6.41 Å². The number of piperazine rings is 1. The van der Waals surface area contributed by atoms with Crippen LogP contribution in [0.15, 0.2) is 18.2 Å². The zero-order valence-electron chi connectivity index (χ0n) is 15.3. The van der Waals surface area contributed by atoms with E-state index in [2.05, 4.69) is 53.1 Å². The Kier molecular flexibility index (Phi) is 4.88. The normalized spacial score (nSPS) is 14.6. The van der Waals surface area contributed by atoms with Crippen LogP contribution < -0.4 is 10.2 Å². The van der Waals surface area contributed by atoms with E-state index in [1.165, 1.54) is 16.7 Å². The fraction of sp³-hybridized carbons (Fsp3) is 0.421. The molecule has 6 heteroatoms. The molecule has 0 aliphatic carbocycles. The lowest BCUT2D eigenvalue weighted by Crippen LogP contribution is -2.46. The van der Waals surface area contributed by atoms with Gasteiger partial charge in [0.05, 0.1) is 0 Å². The topological polar surface area (TPSA) is 61.4 Å². The van der Waals surface area contributed by atoms with E-state index in [1.807, 2.05) is 13.0 Å². The van der Waals surface area contributed by atoms with Crippen molar-refractivity contribution in [3.8, 4) is 0 Å². The predicted molar refractivity (Wildman–Crippen MR) is 101 cm³/mol. The summed E-state index contributed by atoms with van der Waals surface area (Å²) in [5.74, 6) is 2.44. The number of hydrogen-bond donors (Lipinski definition) is 1. The number of hydrogen-bond acceptors (Lipinski definition) is 5. The quantitative estimate of drug-likeness (QED) is 0.868. The Morgan fingerprint density at radius 3 is 2.20 bits per heavy atom. The van der Waals surface area contributed by atoms with Crippen LogP contribution in [0.4, 0.5) is 17.3 Å². The molecule has 2 heterocycles. The Labute approximate surface area is 148 Å². The number of carbonyl (C=O) groups is 1. The van der Waals surface area contributed by atoms with Crippen molar-refractivity contribution >= 4 is 23.7 Å². The third-order valence-electron chi connectivity index (χ3n) is 4.54. The molecule has 0 atom stereocenters. The van der Waals surface area contributed by atoms with Gasteiger partial charge in [-0.3, -0.25) is 4.79 Å². The van der Waals surface area contributed by atoms with Crippen molar-refractivity contribution in [2.24, 2.45) is 0 Å². The van der Waals surface area contributed by atoms with Crippen LogP contribution >= 0.6 is 0 Å². The fourth-order valence-corrected chi connectivity index (χ4v) is 3.34. The van der Waals surface area contributed by atoms with Crippen LogP contribution in [-0.2, 0) is 4.79 Å². The number of aryl methyl sites for hydroxylation is 4.